The van der Waals surface area contributed by atoms with Crippen molar-refractivity contribution >= 4 is 29.2 Å². The van der Waals surface area contributed by atoms with Gasteiger partial charge in [-0.3, -0.25) is 0 Å². The smallest absolute Gasteiger partial charge is 0.116 e. The van der Waals surface area contributed by atoms with Crippen LogP contribution in [-0.2, 0) is 5.41 Å². The fourth-order valence-electron chi connectivity index (χ4n) is 2.03. The SMILES string of the molecule is CC(C)CSCCCCCC/C=C/c1nc(C(C)(C)C)cs1. The zero-order valence-electron chi connectivity index (χ0n) is 15.0. The van der Waals surface area contributed by atoms with Crippen LogP contribution in [0.4, 0.5) is 0 Å². The third kappa shape index (κ3) is 8.99. The van der Waals surface area contributed by atoms with Gasteiger partial charge < -0.3 is 0 Å². The highest BCUT2D eigenvalue weighted by Gasteiger charge is 2.16. The number of hydrogen-bond donors (Lipinski definition) is 0. The number of aromatic nitrogens is 1. The Morgan fingerprint density at radius 1 is 1.18 bits per heavy atom. The highest BCUT2D eigenvalue weighted by atomic mass is 32.2. The summed E-state index contributed by atoms with van der Waals surface area (Å²) >= 11 is 3.87. The number of thioether (sulfide) groups is 1. The molecule has 0 atom stereocenters. The Kier molecular flexibility index (Phi) is 9.42. The van der Waals surface area contributed by atoms with Gasteiger partial charge in [-0.15, -0.1) is 11.3 Å². The topological polar surface area (TPSA) is 12.9 Å². The summed E-state index contributed by atoms with van der Waals surface area (Å²) in [5, 5.41) is 3.34. The van der Waals surface area contributed by atoms with E-state index in [0.717, 1.165) is 10.9 Å². The molecule has 0 amide bonds. The molecular formula is C19H33NS2. The summed E-state index contributed by atoms with van der Waals surface area (Å²) in [7, 11) is 0. The van der Waals surface area contributed by atoms with Crippen molar-refractivity contribution in [1.29, 1.82) is 0 Å². The van der Waals surface area contributed by atoms with E-state index in [0.29, 0.717) is 0 Å². The summed E-state index contributed by atoms with van der Waals surface area (Å²) in [5.74, 6) is 3.48. The van der Waals surface area contributed by atoms with Gasteiger partial charge in [0, 0.05) is 10.8 Å². The molecule has 126 valence electrons. The first kappa shape index (κ1) is 19.8. The molecule has 0 aliphatic heterocycles. The highest BCUT2D eigenvalue weighted by Crippen LogP contribution is 2.24. The van der Waals surface area contributed by atoms with E-state index in [-0.39, 0.29) is 5.41 Å². The van der Waals surface area contributed by atoms with Crippen LogP contribution in [0.2, 0.25) is 0 Å². The third-order valence-electron chi connectivity index (χ3n) is 3.41. The number of hydrogen-bond acceptors (Lipinski definition) is 3. The first-order valence-electron chi connectivity index (χ1n) is 8.60. The number of thiazole rings is 1. The van der Waals surface area contributed by atoms with Gasteiger partial charge in [0.1, 0.15) is 5.01 Å². The molecule has 0 N–H and O–H groups in total. The van der Waals surface area contributed by atoms with Crippen LogP contribution in [0.25, 0.3) is 6.08 Å². The molecule has 1 aromatic heterocycles. The molecule has 0 unspecified atom stereocenters. The molecule has 0 fully saturated rings. The van der Waals surface area contributed by atoms with E-state index >= 15 is 0 Å². The molecule has 0 aromatic carbocycles. The minimum absolute atomic E-state index is 0.163. The Balaban J connectivity index is 2.06. The highest BCUT2D eigenvalue weighted by molar-refractivity contribution is 7.99. The first-order valence-corrected chi connectivity index (χ1v) is 10.6. The third-order valence-corrected chi connectivity index (χ3v) is 5.70. The quantitative estimate of drug-likeness (QED) is 0.435. The van der Waals surface area contributed by atoms with Crippen molar-refractivity contribution in [1.82, 2.24) is 4.98 Å². The number of unbranched alkanes of at least 4 members (excludes halogenated alkanes) is 4. The number of nitrogens with zero attached hydrogens (tertiary/aromatic N) is 1. The molecule has 1 nitrogen and oxygen atoms in total. The molecule has 0 bridgehead atoms. The van der Waals surface area contributed by atoms with Gasteiger partial charge in [0.15, 0.2) is 0 Å². The average molecular weight is 340 g/mol. The van der Waals surface area contributed by atoms with Gasteiger partial charge in [-0.1, -0.05) is 53.5 Å². The predicted octanol–water partition coefficient (Wildman–Crippen LogP) is 6.79. The lowest BCUT2D eigenvalue weighted by Crippen LogP contribution is -2.11. The van der Waals surface area contributed by atoms with Crippen LogP contribution >= 0.6 is 23.1 Å². The summed E-state index contributed by atoms with van der Waals surface area (Å²) < 4.78 is 0. The molecule has 1 heterocycles. The standard InChI is InChI=1S/C19H33NS2/c1-16(2)14-21-13-11-9-7-6-8-10-12-18-20-17(15-22-18)19(3,4)5/h10,12,15-16H,6-9,11,13-14H2,1-5H3/b12-10+. The van der Waals surface area contributed by atoms with Crippen molar-refractivity contribution in [3.8, 4) is 0 Å². The molecule has 22 heavy (non-hydrogen) atoms. The molecule has 0 radical (unpaired) electrons. The second-order valence-electron chi connectivity index (χ2n) is 7.40. The normalized spacial score (nSPS) is 12.6. The Hall–Kier alpha value is -0.280. The Morgan fingerprint density at radius 2 is 1.91 bits per heavy atom. The minimum atomic E-state index is 0.163. The molecule has 0 saturated carbocycles. The van der Waals surface area contributed by atoms with Crippen LogP contribution in [0, 0.1) is 5.92 Å². The lowest BCUT2D eigenvalue weighted by Gasteiger charge is -2.13. The van der Waals surface area contributed by atoms with Crippen LogP contribution in [0.15, 0.2) is 11.5 Å². The van der Waals surface area contributed by atoms with E-state index in [1.807, 2.05) is 0 Å². The molecule has 0 spiro atoms. The van der Waals surface area contributed by atoms with Crippen LogP contribution in [0.1, 0.15) is 77.4 Å². The van der Waals surface area contributed by atoms with Crippen LogP contribution in [0.3, 0.4) is 0 Å². The average Bonchev–Trinajstić information content (AvgIpc) is 2.89. The molecule has 0 aliphatic carbocycles. The van der Waals surface area contributed by atoms with Gasteiger partial charge in [-0.25, -0.2) is 4.98 Å². The van der Waals surface area contributed by atoms with Crippen LogP contribution < -0.4 is 0 Å². The molecule has 1 aromatic rings. The van der Waals surface area contributed by atoms with Gasteiger partial charge in [0.05, 0.1) is 5.69 Å². The summed E-state index contributed by atoms with van der Waals surface area (Å²) in [6.07, 6.45) is 11.1. The number of rotatable bonds is 10. The monoisotopic (exact) mass is 339 g/mol. The summed E-state index contributed by atoms with van der Waals surface area (Å²) in [4.78, 5) is 4.69. The van der Waals surface area contributed by atoms with Gasteiger partial charge >= 0.3 is 0 Å². The second-order valence-corrected chi connectivity index (χ2v) is 9.43. The molecule has 1 rings (SSSR count). The summed E-state index contributed by atoms with van der Waals surface area (Å²) in [6.45, 7) is 11.2. The second kappa shape index (κ2) is 10.5. The van der Waals surface area contributed by atoms with Crippen molar-refractivity contribution < 1.29 is 0 Å². The zero-order valence-corrected chi connectivity index (χ0v) is 16.7. The maximum Gasteiger partial charge on any atom is 0.116 e. The van der Waals surface area contributed by atoms with Gasteiger partial charge in [0.25, 0.3) is 0 Å². The largest absolute Gasteiger partial charge is 0.241 e. The summed E-state index contributed by atoms with van der Waals surface area (Å²) in [6, 6.07) is 0. The van der Waals surface area contributed by atoms with Gasteiger partial charge in [0.2, 0.25) is 0 Å². The van der Waals surface area contributed by atoms with E-state index in [2.05, 4.69) is 63.9 Å². The van der Waals surface area contributed by atoms with Crippen molar-refractivity contribution in [3.63, 3.8) is 0 Å². The number of allylic oxidation sites excluding steroid dienone is 1. The first-order chi connectivity index (χ1) is 10.4. The Bertz CT molecular complexity index is 427. The molecule has 3 heteroatoms. The Labute approximate surface area is 146 Å². The van der Waals surface area contributed by atoms with E-state index in [4.69, 9.17) is 4.98 Å². The van der Waals surface area contributed by atoms with Crippen molar-refractivity contribution in [3.05, 3.63) is 22.2 Å². The van der Waals surface area contributed by atoms with Crippen LogP contribution in [0.5, 0.6) is 0 Å². The maximum absolute atomic E-state index is 4.69. The van der Waals surface area contributed by atoms with E-state index < -0.39 is 0 Å². The molecular weight excluding hydrogens is 306 g/mol. The predicted molar refractivity (Wildman–Crippen MR) is 105 cm³/mol. The minimum Gasteiger partial charge on any atom is -0.241 e. The summed E-state index contributed by atoms with van der Waals surface area (Å²) in [5.41, 5.74) is 1.37. The van der Waals surface area contributed by atoms with Gasteiger partial charge in [-0.2, -0.15) is 11.8 Å². The zero-order chi connectivity index (χ0) is 16.4. The van der Waals surface area contributed by atoms with E-state index in [1.165, 1.54) is 49.3 Å². The maximum atomic E-state index is 4.69. The van der Waals surface area contributed by atoms with Crippen molar-refractivity contribution in [2.45, 2.75) is 72.1 Å². The lowest BCUT2D eigenvalue weighted by atomic mass is 9.93. The van der Waals surface area contributed by atoms with E-state index in [1.54, 1.807) is 11.3 Å². The van der Waals surface area contributed by atoms with Crippen molar-refractivity contribution in [2.24, 2.45) is 5.92 Å². The Morgan fingerprint density at radius 3 is 2.55 bits per heavy atom. The fraction of sp³-hybridized carbons (Fsp3) is 0.737. The van der Waals surface area contributed by atoms with Gasteiger partial charge in [-0.05, 0) is 42.8 Å². The molecule has 0 saturated heterocycles. The van der Waals surface area contributed by atoms with Crippen LogP contribution in [-0.4, -0.2) is 16.5 Å². The molecule has 0 aliphatic rings. The fourth-order valence-corrected chi connectivity index (χ4v) is 4.04. The van der Waals surface area contributed by atoms with E-state index in [9.17, 15) is 0 Å². The van der Waals surface area contributed by atoms with Crippen molar-refractivity contribution in [2.75, 3.05) is 11.5 Å². The lowest BCUT2D eigenvalue weighted by molar-refractivity contribution is 0.573.